The summed E-state index contributed by atoms with van der Waals surface area (Å²) in [6.45, 7) is -0.195. The minimum absolute atomic E-state index is 0.0352. The predicted molar refractivity (Wildman–Crippen MR) is 158 cm³/mol. The van der Waals surface area contributed by atoms with Gasteiger partial charge >= 0.3 is 18.2 Å². The molecule has 17 heteroatoms. The quantitative estimate of drug-likeness (QED) is 0.0665. The SMILES string of the molecule is CCOC(=O)C(Cl)Cc1cc(-n2nc(C)n(C(F)F)c2=O)c(F)cc1Cl.Nc1c([N+](=O)[O-])ccc(Oc2ccccc2)c1Cl. The van der Waals surface area contributed by atoms with Crippen molar-refractivity contribution >= 4 is 52.1 Å². The number of para-hydroxylation sites is 1. The fraction of sp³-hybridized carbons (Fsp3) is 0.222. The summed E-state index contributed by atoms with van der Waals surface area (Å²) in [5.74, 6) is -1.06. The monoisotopic (exact) mass is 675 g/mol. The number of rotatable bonds is 9. The van der Waals surface area contributed by atoms with Crippen LogP contribution in [-0.4, -0.2) is 37.2 Å². The Bertz CT molecular complexity index is 1720. The Morgan fingerprint density at radius 2 is 1.82 bits per heavy atom. The molecule has 2 N–H and O–H groups in total. The Kier molecular flexibility index (Phi) is 11.6. The molecule has 0 radical (unpaired) electrons. The Morgan fingerprint density at radius 3 is 2.39 bits per heavy atom. The van der Waals surface area contributed by atoms with E-state index in [9.17, 15) is 32.9 Å². The molecule has 0 aliphatic rings. The highest BCUT2D eigenvalue weighted by atomic mass is 35.5. The molecule has 0 aliphatic carbocycles. The molecule has 1 heterocycles. The lowest BCUT2D eigenvalue weighted by Gasteiger charge is -2.12. The summed E-state index contributed by atoms with van der Waals surface area (Å²) >= 11 is 17.8. The van der Waals surface area contributed by atoms with Gasteiger partial charge in [0.15, 0.2) is 5.82 Å². The molecule has 11 nitrogen and oxygen atoms in total. The number of nitro groups is 1. The van der Waals surface area contributed by atoms with Crippen LogP contribution >= 0.6 is 34.8 Å². The summed E-state index contributed by atoms with van der Waals surface area (Å²) in [6.07, 6.45) is -0.115. The minimum Gasteiger partial charge on any atom is -0.465 e. The number of carbonyl (C=O) groups excluding carboxylic acids is 1. The molecule has 1 unspecified atom stereocenters. The number of halogens is 6. The topological polar surface area (TPSA) is 145 Å². The van der Waals surface area contributed by atoms with E-state index in [-0.39, 0.29) is 61.8 Å². The van der Waals surface area contributed by atoms with E-state index < -0.39 is 34.3 Å². The van der Waals surface area contributed by atoms with Crippen molar-refractivity contribution in [2.45, 2.75) is 32.2 Å². The number of alkyl halides is 3. The van der Waals surface area contributed by atoms with Crippen molar-refractivity contribution in [3.8, 4) is 17.2 Å². The van der Waals surface area contributed by atoms with Crippen molar-refractivity contribution in [3.63, 3.8) is 0 Å². The number of nitrogen functional groups attached to an aromatic ring is 1. The lowest BCUT2D eigenvalue weighted by molar-refractivity contribution is -0.383. The van der Waals surface area contributed by atoms with Gasteiger partial charge in [-0.05, 0) is 49.7 Å². The smallest absolute Gasteiger partial charge is 0.355 e. The number of anilines is 1. The van der Waals surface area contributed by atoms with E-state index >= 15 is 0 Å². The molecule has 234 valence electrons. The van der Waals surface area contributed by atoms with Crippen molar-refractivity contribution < 1.29 is 32.4 Å². The number of hydrogen-bond donors (Lipinski definition) is 1. The normalized spacial score (nSPS) is 11.5. The van der Waals surface area contributed by atoms with Gasteiger partial charge in [0.05, 0.1) is 11.5 Å². The van der Waals surface area contributed by atoms with E-state index in [1.165, 1.54) is 19.1 Å². The molecule has 4 aromatic rings. The first kappa shape index (κ1) is 34.2. The third-order valence-corrected chi connectivity index (χ3v) is 6.82. The number of aryl methyl sites for hydroxylation is 1. The maximum atomic E-state index is 14.2. The van der Waals surface area contributed by atoms with Crippen LogP contribution in [0.15, 0.2) is 59.4 Å². The fourth-order valence-electron chi connectivity index (χ4n) is 3.68. The molecule has 0 saturated carbocycles. The van der Waals surface area contributed by atoms with Gasteiger partial charge in [-0.25, -0.2) is 13.8 Å². The molecule has 44 heavy (non-hydrogen) atoms. The summed E-state index contributed by atoms with van der Waals surface area (Å²) in [4.78, 5) is 33.8. The lowest BCUT2D eigenvalue weighted by atomic mass is 10.1. The second-order valence-electron chi connectivity index (χ2n) is 8.69. The second kappa shape index (κ2) is 14.9. The molecular weight excluding hydrogens is 654 g/mol. The number of carbonyl (C=O) groups is 1. The molecule has 3 aromatic carbocycles. The van der Waals surface area contributed by atoms with Crippen LogP contribution < -0.4 is 16.2 Å². The molecule has 0 aliphatic heterocycles. The average Bonchev–Trinajstić information content (AvgIpc) is 3.26. The van der Waals surface area contributed by atoms with E-state index in [1.54, 1.807) is 31.2 Å². The Morgan fingerprint density at radius 1 is 1.16 bits per heavy atom. The van der Waals surface area contributed by atoms with Crippen LogP contribution in [-0.2, 0) is 16.0 Å². The Balaban J connectivity index is 0.000000257. The lowest BCUT2D eigenvalue weighted by Crippen LogP contribution is -2.25. The highest BCUT2D eigenvalue weighted by molar-refractivity contribution is 6.35. The third-order valence-electron chi connectivity index (χ3n) is 5.75. The number of aromatic nitrogens is 3. The molecule has 0 fully saturated rings. The standard InChI is InChI=1S/C15H14Cl2F3N3O3.C12H9ClN2O3/c1-3-26-13(24)10(17)4-8-5-12(11(18)6-9(8)16)23-15(25)22(14(19)20)7(2)21-23;13-11-10(18-8-4-2-1-3-5-8)7-6-9(12(11)14)15(16)17/h5-6,10,14H,3-4H2,1-2H3;1-7H,14H2. The summed E-state index contributed by atoms with van der Waals surface area (Å²) in [5.41, 5.74) is 3.88. The fourth-order valence-corrected chi connectivity index (χ4v) is 4.34. The van der Waals surface area contributed by atoms with Gasteiger partial charge in [0, 0.05) is 17.5 Å². The Labute approximate surface area is 262 Å². The number of nitro benzene ring substituents is 1. The molecule has 1 aromatic heterocycles. The van der Waals surface area contributed by atoms with Crippen LogP contribution in [0.25, 0.3) is 5.69 Å². The van der Waals surface area contributed by atoms with E-state index in [4.69, 9.17) is 50.0 Å². The van der Waals surface area contributed by atoms with Crippen molar-refractivity contribution in [1.82, 2.24) is 14.3 Å². The molecule has 0 bridgehead atoms. The van der Waals surface area contributed by atoms with Gasteiger partial charge in [-0.3, -0.25) is 14.9 Å². The first-order valence-electron chi connectivity index (χ1n) is 12.5. The maximum Gasteiger partial charge on any atom is 0.355 e. The summed E-state index contributed by atoms with van der Waals surface area (Å²) in [7, 11) is 0. The van der Waals surface area contributed by atoms with Crippen molar-refractivity contribution in [1.29, 1.82) is 0 Å². The van der Waals surface area contributed by atoms with Gasteiger partial charge in [-0.2, -0.15) is 13.5 Å². The van der Waals surface area contributed by atoms with Crippen LogP contribution in [0.5, 0.6) is 11.5 Å². The number of nitrogens with two attached hydrogens (primary N) is 1. The predicted octanol–water partition coefficient (Wildman–Crippen LogP) is 6.87. The van der Waals surface area contributed by atoms with Crippen LogP contribution in [0.1, 0.15) is 24.9 Å². The molecule has 0 saturated heterocycles. The first-order valence-corrected chi connectivity index (χ1v) is 13.7. The van der Waals surface area contributed by atoms with Crippen molar-refractivity contribution in [2.24, 2.45) is 0 Å². The van der Waals surface area contributed by atoms with Gasteiger partial charge in [0.25, 0.3) is 5.69 Å². The van der Waals surface area contributed by atoms with Crippen LogP contribution in [0.3, 0.4) is 0 Å². The van der Waals surface area contributed by atoms with Gasteiger partial charge in [-0.1, -0.05) is 41.4 Å². The van der Waals surface area contributed by atoms with E-state index in [2.05, 4.69) is 5.10 Å². The summed E-state index contributed by atoms with van der Waals surface area (Å²) in [5, 5.41) is 13.2. The van der Waals surface area contributed by atoms with Gasteiger partial charge < -0.3 is 15.2 Å². The maximum absolute atomic E-state index is 14.2. The van der Waals surface area contributed by atoms with Crippen molar-refractivity contribution in [3.05, 3.63) is 102 Å². The van der Waals surface area contributed by atoms with E-state index in [0.717, 1.165) is 12.1 Å². The molecule has 1 atom stereocenters. The van der Waals surface area contributed by atoms with E-state index in [0.29, 0.717) is 10.4 Å². The third kappa shape index (κ3) is 8.01. The zero-order valence-corrected chi connectivity index (χ0v) is 25.1. The van der Waals surface area contributed by atoms with Crippen LogP contribution in [0.4, 0.5) is 24.5 Å². The molecule has 0 spiro atoms. The second-order valence-corrected chi connectivity index (χ2v) is 10.0. The summed E-state index contributed by atoms with van der Waals surface area (Å²) < 4.78 is 51.0. The number of nitrogens with zero attached hydrogens (tertiary/aromatic N) is 4. The number of hydrogen-bond acceptors (Lipinski definition) is 8. The van der Waals surface area contributed by atoms with E-state index in [1.807, 2.05) is 6.07 Å². The van der Waals surface area contributed by atoms with Crippen LogP contribution in [0, 0.1) is 22.9 Å². The number of esters is 1. The Hall–Kier alpha value is -4.27. The number of benzene rings is 3. The van der Waals surface area contributed by atoms with Crippen LogP contribution in [0.2, 0.25) is 10.0 Å². The minimum atomic E-state index is -3.12. The molecular formula is C27H23Cl3F3N5O6. The number of ether oxygens (including phenoxy) is 2. The van der Waals surface area contributed by atoms with Gasteiger partial charge in [-0.15, -0.1) is 16.7 Å². The first-order chi connectivity index (χ1) is 20.8. The van der Waals surface area contributed by atoms with Gasteiger partial charge in [0.1, 0.15) is 39.1 Å². The highest BCUT2D eigenvalue weighted by Crippen LogP contribution is 2.38. The summed E-state index contributed by atoms with van der Waals surface area (Å²) in [6, 6.07) is 13.7. The zero-order chi connectivity index (χ0) is 32.7. The van der Waals surface area contributed by atoms with Gasteiger partial charge in [0.2, 0.25) is 0 Å². The largest absolute Gasteiger partial charge is 0.465 e. The average molecular weight is 677 g/mol. The highest BCUT2D eigenvalue weighted by Gasteiger charge is 2.24. The zero-order valence-electron chi connectivity index (χ0n) is 22.8. The van der Waals surface area contributed by atoms with Crippen molar-refractivity contribution in [2.75, 3.05) is 12.3 Å². The molecule has 0 amide bonds. The molecule has 4 rings (SSSR count).